The fourth-order valence-corrected chi connectivity index (χ4v) is 4.40. The van der Waals surface area contributed by atoms with E-state index in [0.29, 0.717) is 12.0 Å². The van der Waals surface area contributed by atoms with Crippen LogP contribution in [0.4, 0.5) is 0 Å². The second-order valence-corrected chi connectivity index (χ2v) is 9.21. The third-order valence-electron chi connectivity index (χ3n) is 6.77. The fourth-order valence-electron chi connectivity index (χ4n) is 4.40. The van der Waals surface area contributed by atoms with Gasteiger partial charge in [-0.15, -0.1) is 0 Å². The maximum absolute atomic E-state index is 13.1. The van der Waals surface area contributed by atoms with E-state index in [1.807, 2.05) is 0 Å². The van der Waals surface area contributed by atoms with Gasteiger partial charge in [0.05, 0.1) is 25.2 Å². The van der Waals surface area contributed by atoms with E-state index in [2.05, 4.69) is 0 Å². The number of carbonyl (C=O) groups excluding carboxylic acids is 1. The van der Waals surface area contributed by atoms with Crippen LogP contribution in [0.5, 0.6) is 17.2 Å². The summed E-state index contributed by atoms with van der Waals surface area (Å²) in [5.41, 5.74) is -0.356. The summed E-state index contributed by atoms with van der Waals surface area (Å²) in [5, 5.41) is 51.9. The van der Waals surface area contributed by atoms with Crippen LogP contribution in [0.3, 0.4) is 0 Å². The molecule has 4 rings (SSSR count). The zero-order chi connectivity index (χ0) is 27.7. The topological polar surface area (TPSA) is 176 Å². The first-order chi connectivity index (χ1) is 18.1. The summed E-state index contributed by atoms with van der Waals surface area (Å²) < 4.78 is 22.8. The number of phenols is 2. The van der Waals surface area contributed by atoms with Gasteiger partial charge in [-0.05, 0) is 30.7 Å². The van der Waals surface area contributed by atoms with Crippen molar-refractivity contribution in [2.75, 3.05) is 13.7 Å². The Morgan fingerprint density at radius 2 is 1.79 bits per heavy atom. The second kappa shape index (κ2) is 11.0. The SMILES string of the molecule is CC[C@H](C)C(=O)O[C@H]1[C@@H](O)[C@H](CO)O[C@@H](c2c(OC)cc(O)c3c(=O)cc(-c4ccc(O)cc4)oc23)[C@H]1O. The van der Waals surface area contributed by atoms with Crippen LogP contribution in [-0.4, -0.2) is 69.6 Å². The number of aliphatic hydroxyl groups excluding tert-OH is 3. The van der Waals surface area contributed by atoms with E-state index in [9.17, 15) is 35.1 Å². The number of rotatable bonds is 7. The number of hydrogen-bond donors (Lipinski definition) is 5. The van der Waals surface area contributed by atoms with Crippen molar-refractivity contribution in [1.29, 1.82) is 0 Å². The molecule has 0 unspecified atom stereocenters. The molecule has 1 aliphatic heterocycles. The van der Waals surface area contributed by atoms with Gasteiger partial charge in [0, 0.05) is 17.7 Å². The molecule has 6 atom stereocenters. The molecular weight excluding hydrogens is 500 g/mol. The van der Waals surface area contributed by atoms with Crippen LogP contribution in [0, 0.1) is 5.92 Å². The number of benzene rings is 2. The molecule has 38 heavy (non-hydrogen) atoms. The number of methoxy groups -OCH3 is 1. The van der Waals surface area contributed by atoms with Crippen molar-refractivity contribution >= 4 is 16.9 Å². The molecule has 0 saturated carbocycles. The first-order valence-corrected chi connectivity index (χ1v) is 12.1. The van der Waals surface area contributed by atoms with Crippen LogP contribution in [0.25, 0.3) is 22.3 Å². The first kappa shape index (κ1) is 27.4. The van der Waals surface area contributed by atoms with Crippen molar-refractivity contribution in [3.63, 3.8) is 0 Å². The van der Waals surface area contributed by atoms with Gasteiger partial charge in [0.15, 0.2) is 17.1 Å². The summed E-state index contributed by atoms with van der Waals surface area (Å²) in [4.78, 5) is 25.6. The van der Waals surface area contributed by atoms with Gasteiger partial charge < -0.3 is 44.2 Å². The summed E-state index contributed by atoms with van der Waals surface area (Å²) in [7, 11) is 1.29. The summed E-state index contributed by atoms with van der Waals surface area (Å²) in [5.74, 6) is -1.56. The van der Waals surface area contributed by atoms with Crippen LogP contribution in [0.15, 0.2) is 45.6 Å². The summed E-state index contributed by atoms with van der Waals surface area (Å²) >= 11 is 0. The molecule has 1 aromatic heterocycles. The molecule has 0 radical (unpaired) electrons. The van der Waals surface area contributed by atoms with Crippen molar-refractivity contribution < 1.29 is 49.0 Å². The Kier molecular flexibility index (Phi) is 7.93. The van der Waals surface area contributed by atoms with E-state index in [-0.39, 0.29) is 33.8 Å². The molecule has 0 amide bonds. The first-order valence-electron chi connectivity index (χ1n) is 12.1. The van der Waals surface area contributed by atoms with Crippen molar-refractivity contribution in [1.82, 2.24) is 0 Å². The maximum atomic E-state index is 13.1. The largest absolute Gasteiger partial charge is 0.508 e. The van der Waals surface area contributed by atoms with Crippen LogP contribution in [0.1, 0.15) is 31.9 Å². The highest BCUT2D eigenvalue weighted by molar-refractivity contribution is 5.89. The Labute approximate surface area is 217 Å². The lowest BCUT2D eigenvalue weighted by Gasteiger charge is -2.42. The third kappa shape index (κ3) is 4.93. The number of fused-ring (bicyclic) bond motifs is 1. The number of aliphatic hydroxyl groups is 3. The molecule has 1 aliphatic rings. The smallest absolute Gasteiger partial charge is 0.309 e. The average molecular weight is 531 g/mol. The molecule has 1 saturated heterocycles. The predicted octanol–water partition coefficient (Wildman–Crippen LogP) is 1.99. The van der Waals surface area contributed by atoms with Gasteiger partial charge in [-0.1, -0.05) is 13.8 Å². The maximum Gasteiger partial charge on any atom is 0.309 e. The Balaban J connectivity index is 1.92. The van der Waals surface area contributed by atoms with Gasteiger partial charge in [0.25, 0.3) is 0 Å². The van der Waals surface area contributed by atoms with Gasteiger partial charge >= 0.3 is 5.97 Å². The molecule has 3 aromatic rings. The van der Waals surface area contributed by atoms with Gasteiger partial charge in [-0.2, -0.15) is 0 Å². The van der Waals surface area contributed by atoms with Crippen LogP contribution < -0.4 is 10.2 Å². The number of hydrogen-bond acceptors (Lipinski definition) is 11. The van der Waals surface area contributed by atoms with Gasteiger partial charge in [-0.3, -0.25) is 9.59 Å². The Bertz CT molecular complexity index is 1360. The molecule has 0 spiro atoms. The van der Waals surface area contributed by atoms with Crippen molar-refractivity contribution in [3.8, 4) is 28.6 Å². The van der Waals surface area contributed by atoms with E-state index in [0.717, 1.165) is 6.07 Å². The fraction of sp³-hybridized carbons (Fsp3) is 0.407. The van der Waals surface area contributed by atoms with E-state index < -0.39 is 60.2 Å². The predicted molar refractivity (Wildman–Crippen MR) is 134 cm³/mol. The van der Waals surface area contributed by atoms with E-state index in [1.54, 1.807) is 13.8 Å². The summed E-state index contributed by atoms with van der Waals surface area (Å²) in [6.07, 6.45) is -6.96. The number of esters is 1. The highest BCUT2D eigenvalue weighted by Gasteiger charge is 2.49. The van der Waals surface area contributed by atoms with Crippen LogP contribution >= 0.6 is 0 Å². The zero-order valence-electron chi connectivity index (χ0n) is 21.0. The molecule has 2 heterocycles. The van der Waals surface area contributed by atoms with Gasteiger partial charge in [-0.25, -0.2) is 0 Å². The van der Waals surface area contributed by atoms with Crippen molar-refractivity contribution in [3.05, 3.63) is 52.2 Å². The highest BCUT2D eigenvalue weighted by Crippen LogP contribution is 2.44. The average Bonchev–Trinajstić information content (AvgIpc) is 2.90. The molecule has 5 N–H and O–H groups in total. The minimum absolute atomic E-state index is 0.000433. The minimum Gasteiger partial charge on any atom is -0.508 e. The number of carbonyl (C=O) groups is 1. The van der Waals surface area contributed by atoms with E-state index >= 15 is 0 Å². The Morgan fingerprint density at radius 1 is 1.11 bits per heavy atom. The summed E-state index contributed by atoms with van der Waals surface area (Å²) in [6.45, 7) is 2.74. The summed E-state index contributed by atoms with van der Waals surface area (Å²) in [6, 6.07) is 8.17. The van der Waals surface area contributed by atoms with Crippen LogP contribution in [0.2, 0.25) is 0 Å². The number of ether oxygens (including phenoxy) is 3. The van der Waals surface area contributed by atoms with Crippen molar-refractivity contribution in [2.45, 2.75) is 50.8 Å². The van der Waals surface area contributed by atoms with Gasteiger partial charge in [0.2, 0.25) is 0 Å². The van der Waals surface area contributed by atoms with Crippen molar-refractivity contribution in [2.24, 2.45) is 5.92 Å². The molecule has 11 heteroatoms. The Morgan fingerprint density at radius 3 is 2.39 bits per heavy atom. The molecule has 0 aliphatic carbocycles. The molecular formula is C27H30O11. The number of aromatic hydroxyl groups is 2. The van der Waals surface area contributed by atoms with E-state index in [1.165, 1.54) is 37.4 Å². The molecule has 204 valence electrons. The molecule has 1 fully saturated rings. The number of phenolic OH excluding ortho intramolecular Hbond substituents is 2. The lowest BCUT2D eigenvalue weighted by atomic mass is 9.89. The molecule has 2 aromatic carbocycles. The molecule has 11 nitrogen and oxygen atoms in total. The standard InChI is InChI=1S/C27H30O11/c1-4-12(2)27(34)38-26-22(32)19(11-28)37-25(23(26)33)21-18(35-3)10-16(31)20-15(30)9-17(36-24(20)21)13-5-7-14(29)8-6-13/h5-10,12,19,22-23,25-26,28-29,31-33H,4,11H2,1-3H3/t12-,19-,22-,23+,25-,26-/m0/s1. The lowest BCUT2D eigenvalue weighted by Crippen LogP contribution is -2.57. The van der Waals surface area contributed by atoms with E-state index in [4.69, 9.17) is 18.6 Å². The van der Waals surface area contributed by atoms with Crippen LogP contribution in [-0.2, 0) is 14.3 Å². The normalized spacial score (nSPS) is 24.2. The minimum atomic E-state index is -1.68. The monoisotopic (exact) mass is 530 g/mol. The lowest BCUT2D eigenvalue weighted by molar-refractivity contribution is -0.242. The highest BCUT2D eigenvalue weighted by atomic mass is 16.6. The Hall–Kier alpha value is -3.64. The van der Waals surface area contributed by atoms with Gasteiger partial charge in [0.1, 0.15) is 52.8 Å². The second-order valence-electron chi connectivity index (χ2n) is 9.21. The quantitative estimate of drug-likeness (QED) is 0.282. The zero-order valence-corrected chi connectivity index (χ0v) is 21.0. The third-order valence-corrected chi connectivity index (χ3v) is 6.77. The molecule has 0 bridgehead atoms.